The summed E-state index contributed by atoms with van der Waals surface area (Å²) in [6.07, 6.45) is 4.48. The number of nitrogens with zero attached hydrogens (tertiary/aromatic N) is 1. The van der Waals surface area contributed by atoms with Gasteiger partial charge in [0.2, 0.25) is 11.8 Å². The molecule has 7 nitrogen and oxygen atoms in total. The third-order valence-corrected chi connectivity index (χ3v) is 8.01. The number of rotatable bonds is 4. The maximum Gasteiger partial charge on any atom is 0.233 e. The van der Waals surface area contributed by atoms with Gasteiger partial charge in [0.1, 0.15) is 11.5 Å². The first-order valence-corrected chi connectivity index (χ1v) is 12.2. The number of carbonyl (C=O) groups is 4. The molecule has 1 heterocycles. The first-order chi connectivity index (χ1) is 16.3. The van der Waals surface area contributed by atoms with E-state index in [1.165, 1.54) is 24.2 Å². The number of phenols is 1. The molecule has 34 heavy (non-hydrogen) atoms. The second kappa shape index (κ2) is 8.34. The lowest BCUT2D eigenvalue weighted by molar-refractivity contribution is -0.140. The fourth-order valence-corrected chi connectivity index (χ4v) is 6.41. The largest absolute Gasteiger partial charge is 0.507 e. The molecule has 1 saturated heterocycles. The van der Waals surface area contributed by atoms with Gasteiger partial charge < -0.3 is 9.84 Å². The van der Waals surface area contributed by atoms with Crippen LogP contribution in [0.2, 0.25) is 0 Å². The molecule has 4 aliphatic rings. The second-order valence-electron chi connectivity index (χ2n) is 9.15. The number of halogens is 1. The topological polar surface area (TPSA) is 101 Å². The van der Waals surface area contributed by atoms with Crippen molar-refractivity contribution in [3.63, 3.8) is 0 Å². The number of fused-ring (bicyclic) bond motifs is 3. The Bertz CT molecular complexity index is 1240. The number of methoxy groups -OCH3 is 1. The summed E-state index contributed by atoms with van der Waals surface area (Å²) < 4.78 is 5.39. The predicted molar refractivity (Wildman–Crippen MR) is 126 cm³/mol. The molecule has 1 fully saturated rings. The zero-order valence-electron chi connectivity index (χ0n) is 18.8. The van der Waals surface area contributed by atoms with Crippen molar-refractivity contribution in [1.29, 1.82) is 0 Å². The average Bonchev–Trinajstić information content (AvgIpc) is 3.06. The van der Waals surface area contributed by atoms with Crippen LogP contribution in [0.5, 0.6) is 11.5 Å². The average molecular weight is 526 g/mol. The maximum absolute atomic E-state index is 13.4. The van der Waals surface area contributed by atoms with Crippen LogP contribution < -0.4 is 4.74 Å². The Kier molecular flexibility index (Phi) is 5.59. The molecular formula is C26H24BrNO6. The van der Waals surface area contributed by atoms with Gasteiger partial charge >= 0.3 is 0 Å². The number of ether oxygens (including phenoxy) is 1. The van der Waals surface area contributed by atoms with Gasteiger partial charge in [0.15, 0.2) is 11.6 Å². The third-order valence-electron chi connectivity index (χ3n) is 7.42. The number of likely N-dealkylation sites (tertiary alicyclic amines) is 1. The fraction of sp³-hybridized carbons (Fsp3) is 0.385. The van der Waals surface area contributed by atoms with E-state index >= 15 is 0 Å². The molecule has 2 amide bonds. The SMILES string of the molecule is CCCN1C(=O)[C@H]2[C@H](CC=C3[C@H](c4ccc(OC)cc4O)C4=C(C[C@H]32)C(=O)C(Br)=CC4=O)C1=O. The number of amides is 2. The van der Waals surface area contributed by atoms with E-state index in [9.17, 15) is 24.3 Å². The van der Waals surface area contributed by atoms with Crippen LogP contribution in [-0.4, -0.2) is 47.0 Å². The highest BCUT2D eigenvalue weighted by Gasteiger charge is 2.56. The number of Topliss-reactive ketones (excluding diaryl/α,β-unsaturated/α-hetero) is 1. The molecule has 1 aliphatic heterocycles. The van der Waals surface area contributed by atoms with Crippen LogP contribution in [0.1, 0.15) is 37.7 Å². The number of phenolic OH excluding ortho intramolecular Hbond substituents is 1. The first-order valence-electron chi connectivity index (χ1n) is 11.4. The highest BCUT2D eigenvalue weighted by atomic mass is 79.9. The second-order valence-corrected chi connectivity index (χ2v) is 10.0. The van der Waals surface area contributed by atoms with Crippen molar-refractivity contribution >= 4 is 39.3 Å². The zero-order valence-corrected chi connectivity index (χ0v) is 20.4. The summed E-state index contributed by atoms with van der Waals surface area (Å²) in [7, 11) is 1.49. The van der Waals surface area contributed by atoms with Gasteiger partial charge in [0, 0.05) is 41.3 Å². The Morgan fingerprint density at radius 1 is 1.15 bits per heavy atom. The molecule has 1 N–H and O–H groups in total. The van der Waals surface area contributed by atoms with E-state index < -0.39 is 23.7 Å². The predicted octanol–water partition coefficient (Wildman–Crippen LogP) is 3.57. The number of ketones is 2. The molecule has 0 bridgehead atoms. The fourth-order valence-electron chi connectivity index (χ4n) is 5.97. The van der Waals surface area contributed by atoms with E-state index in [2.05, 4.69) is 15.9 Å². The molecule has 8 heteroatoms. The van der Waals surface area contributed by atoms with Crippen molar-refractivity contribution in [3.05, 3.63) is 57.1 Å². The molecule has 0 saturated carbocycles. The summed E-state index contributed by atoms with van der Waals surface area (Å²) in [6.45, 7) is 2.29. The van der Waals surface area contributed by atoms with Crippen LogP contribution in [0.25, 0.3) is 0 Å². The van der Waals surface area contributed by atoms with Gasteiger partial charge in [-0.2, -0.15) is 0 Å². The molecule has 3 aliphatic carbocycles. The van der Waals surface area contributed by atoms with Crippen molar-refractivity contribution in [1.82, 2.24) is 4.90 Å². The lowest BCUT2D eigenvalue weighted by atomic mass is 9.59. The van der Waals surface area contributed by atoms with Crippen LogP contribution in [0, 0.1) is 17.8 Å². The highest BCUT2D eigenvalue weighted by molar-refractivity contribution is 9.12. The van der Waals surface area contributed by atoms with Crippen molar-refractivity contribution in [2.24, 2.45) is 17.8 Å². The molecule has 1 aromatic carbocycles. The molecule has 1 aromatic rings. The maximum atomic E-state index is 13.4. The number of allylic oxidation sites excluding steroid dienone is 6. The summed E-state index contributed by atoms with van der Waals surface area (Å²) in [5.41, 5.74) is 1.96. The minimum Gasteiger partial charge on any atom is -0.507 e. The number of benzene rings is 1. The van der Waals surface area contributed by atoms with Crippen molar-refractivity contribution < 1.29 is 29.0 Å². The van der Waals surface area contributed by atoms with Gasteiger partial charge in [-0.15, -0.1) is 0 Å². The normalized spacial score (nSPS) is 28.4. The number of aromatic hydroxyl groups is 1. The molecule has 5 rings (SSSR count). The van der Waals surface area contributed by atoms with Crippen LogP contribution in [0.15, 0.2) is 51.6 Å². The van der Waals surface area contributed by atoms with E-state index in [0.29, 0.717) is 41.8 Å². The molecule has 0 aromatic heterocycles. The van der Waals surface area contributed by atoms with E-state index in [0.717, 1.165) is 5.57 Å². The van der Waals surface area contributed by atoms with Crippen molar-refractivity contribution in [2.45, 2.75) is 32.1 Å². The Hall–Kier alpha value is -3.00. The van der Waals surface area contributed by atoms with Gasteiger partial charge in [-0.1, -0.05) is 24.6 Å². The summed E-state index contributed by atoms with van der Waals surface area (Å²) in [5.74, 6) is -2.70. The third kappa shape index (κ3) is 3.22. The van der Waals surface area contributed by atoms with E-state index in [1.54, 1.807) is 12.1 Å². The minimum absolute atomic E-state index is 0.0600. The standard InChI is InChI=1S/C26H24BrNO6/c1-3-8-28-25(32)15-7-6-13-16(22(15)26(28)33)10-17-23(20(30)11-18(27)24(17)31)21(13)14-5-4-12(34-2)9-19(14)29/h4-6,9,11,15-16,21-22,29H,3,7-8,10H2,1-2H3/t15-,16+,21+,22-/m0/s1. The van der Waals surface area contributed by atoms with Crippen molar-refractivity contribution in [2.75, 3.05) is 13.7 Å². The molecule has 0 radical (unpaired) electrons. The Morgan fingerprint density at radius 3 is 2.59 bits per heavy atom. The monoisotopic (exact) mass is 525 g/mol. The van der Waals surface area contributed by atoms with Gasteiger partial charge in [-0.25, -0.2) is 0 Å². The van der Waals surface area contributed by atoms with Gasteiger partial charge in [-0.05, 0) is 47.2 Å². The Balaban J connectivity index is 1.68. The molecule has 0 spiro atoms. The lowest BCUT2D eigenvalue weighted by Gasteiger charge is -2.42. The van der Waals surface area contributed by atoms with Crippen molar-refractivity contribution in [3.8, 4) is 11.5 Å². The number of carbonyl (C=O) groups excluding carboxylic acids is 4. The van der Waals surface area contributed by atoms with E-state index in [4.69, 9.17) is 4.74 Å². The van der Waals surface area contributed by atoms with Crippen LogP contribution in [0.3, 0.4) is 0 Å². The van der Waals surface area contributed by atoms with Crippen LogP contribution >= 0.6 is 15.9 Å². The number of hydrogen-bond donors (Lipinski definition) is 1. The Morgan fingerprint density at radius 2 is 1.91 bits per heavy atom. The van der Waals surface area contributed by atoms with Gasteiger partial charge in [-0.3, -0.25) is 24.1 Å². The molecule has 176 valence electrons. The highest BCUT2D eigenvalue weighted by Crippen LogP contribution is 2.56. The molecule has 0 unspecified atom stereocenters. The summed E-state index contributed by atoms with van der Waals surface area (Å²) in [4.78, 5) is 54.1. The number of hydrogen-bond acceptors (Lipinski definition) is 6. The van der Waals surface area contributed by atoms with E-state index in [1.807, 2.05) is 13.0 Å². The van der Waals surface area contributed by atoms with E-state index in [-0.39, 0.29) is 40.0 Å². The smallest absolute Gasteiger partial charge is 0.233 e. The van der Waals surface area contributed by atoms with Crippen LogP contribution in [0.4, 0.5) is 0 Å². The Labute approximate surface area is 205 Å². The van der Waals surface area contributed by atoms with Crippen LogP contribution in [-0.2, 0) is 19.2 Å². The van der Waals surface area contributed by atoms with Gasteiger partial charge in [0.25, 0.3) is 0 Å². The number of imide groups is 1. The summed E-state index contributed by atoms with van der Waals surface area (Å²) >= 11 is 3.21. The zero-order chi connectivity index (χ0) is 24.3. The lowest BCUT2D eigenvalue weighted by Crippen LogP contribution is -2.39. The summed E-state index contributed by atoms with van der Waals surface area (Å²) in [6, 6.07) is 4.85. The molecular weight excluding hydrogens is 502 g/mol. The summed E-state index contributed by atoms with van der Waals surface area (Å²) in [5, 5.41) is 10.9. The quantitative estimate of drug-likeness (QED) is 0.366. The first kappa shape index (κ1) is 22.8. The molecule has 4 atom stereocenters. The van der Waals surface area contributed by atoms with Gasteiger partial charge in [0.05, 0.1) is 23.4 Å². The minimum atomic E-state index is -0.683.